The molecule has 0 unspecified atom stereocenters. The number of benzene rings is 1. The van der Waals surface area contributed by atoms with Crippen molar-refractivity contribution in [3.8, 4) is 5.75 Å². The topological polar surface area (TPSA) is 19.9 Å². The molecule has 0 bridgehead atoms. The van der Waals surface area contributed by atoms with Crippen LogP contribution in [0.2, 0.25) is 0 Å². The van der Waals surface area contributed by atoms with Gasteiger partial charge in [-0.05, 0) is 49.9 Å². The summed E-state index contributed by atoms with van der Waals surface area (Å²) in [6.07, 6.45) is 0. The van der Waals surface area contributed by atoms with E-state index >= 15 is 0 Å². The van der Waals surface area contributed by atoms with Crippen molar-refractivity contribution < 1.29 is 5.11 Å². The highest BCUT2D eigenvalue weighted by Gasteiger charge is 2.07. The molecule has 0 atom stereocenters. The van der Waals surface area contributed by atoms with E-state index in [1.54, 1.807) is 0 Å². The van der Waals surface area contributed by atoms with Crippen LogP contribution in [0, 0.1) is 27.7 Å². The molecule has 1 aromatic rings. The molecule has 1 radical (unpaired) electrons. The lowest BCUT2D eigenvalue weighted by Gasteiger charge is -2.06. The maximum absolute atomic E-state index is 11.4. The van der Waals surface area contributed by atoms with E-state index in [1.165, 1.54) is 0 Å². The maximum Gasteiger partial charge on any atom is 0.184 e. The van der Waals surface area contributed by atoms with Crippen LogP contribution in [-0.4, -0.2) is 0 Å². The van der Waals surface area contributed by atoms with Crippen molar-refractivity contribution in [1.29, 1.82) is 0 Å². The largest absolute Gasteiger partial charge is 0.289 e. The highest BCUT2D eigenvalue weighted by atomic mass is 16.3. The fraction of sp³-hybridized carbons (Fsp3) is 0.400. The molecule has 0 fully saturated rings. The van der Waals surface area contributed by atoms with Crippen molar-refractivity contribution in [3.05, 3.63) is 28.3 Å². The van der Waals surface area contributed by atoms with Crippen molar-refractivity contribution in [2.45, 2.75) is 27.7 Å². The molecule has 0 aliphatic carbocycles. The first-order valence-corrected chi connectivity index (χ1v) is 3.78. The summed E-state index contributed by atoms with van der Waals surface area (Å²) in [5.41, 5.74) is 3.96. The normalized spacial score (nSPS) is 10.2. The molecule has 1 heteroatoms. The van der Waals surface area contributed by atoms with Crippen LogP contribution in [-0.2, 0) is 5.11 Å². The number of aryl methyl sites for hydroxylation is 2. The highest BCUT2D eigenvalue weighted by Crippen LogP contribution is 2.27. The molecule has 1 aromatic carbocycles. The van der Waals surface area contributed by atoms with Crippen LogP contribution in [0.4, 0.5) is 0 Å². The van der Waals surface area contributed by atoms with Gasteiger partial charge < -0.3 is 0 Å². The molecule has 0 aromatic heterocycles. The minimum absolute atomic E-state index is 0.197. The van der Waals surface area contributed by atoms with Crippen molar-refractivity contribution >= 4 is 0 Å². The van der Waals surface area contributed by atoms with E-state index in [4.69, 9.17) is 0 Å². The Morgan fingerprint density at radius 1 is 0.909 bits per heavy atom. The molecule has 0 amide bonds. The van der Waals surface area contributed by atoms with Crippen LogP contribution >= 0.6 is 0 Å². The Bertz CT molecular complexity index is 261. The van der Waals surface area contributed by atoms with Crippen LogP contribution in [0.1, 0.15) is 22.3 Å². The summed E-state index contributed by atoms with van der Waals surface area (Å²) in [6, 6.07) is 2.06. The Morgan fingerprint density at radius 3 is 1.64 bits per heavy atom. The first-order chi connectivity index (χ1) is 5.04. The summed E-state index contributed by atoms with van der Waals surface area (Å²) in [6.45, 7) is 7.71. The van der Waals surface area contributed by atoms with Gasteiger partial charge in [-0.15, -0.1) is 0 Å². The van der Waals surface area contributed by atoms with Crippen LogP contribution in [0.25, 0.3) is 0 Å². The average Bonchev–Trinajstić information content (AvgIpc) is 1.97. The van der Waals surface area contributed by atoms with E-state index in [0.717, 1.165) is 22.3 Å². The van der Waals surface area contributed by atoms with E-state index in [1.807, 2.05) is 27.7 Å². The fourth-order valence-electron chi connectivity index (χ4n) is 1.18. The Hall–Kier alpha value is -0.980. The fourth-order valence-corrected chi connectivity index (χ4v) is 1.18. The average molecular weight is 149 g/mol. The van der Waals surface area contributed by atoms with E-state index in [9.17, 15) is 5.11 Å². The molecule has 59 valence electrons. The molecule has 11 heavy (non-hydrogen) atoms. The molecule has 0 aliphatic heterocycles. The lowest BCUT2D eigenvalue weighted by Crippen LogP contribution is -1.88. The molecule has 0 heterocycles. The van der Waals surface area contributed by atoms with Crippen LogP contribution in [0.5, 0.6) is 5.75 Å². The lowest BCUT2D eigenvalue weighted by molar-refractivity contribution is 0.348. The van der Waals surface area contributed by atoms with Gasteiger partial charge in [-0.3, -0.25) is 5.11 Å². The molecule has 0 spiro atoms. The van der Waals surface area contributed by atoms with Gasteiger partial charge >= 0.3 is 0 Å². The second-order valence-corrected chi connectivity index (χ2v) is 3.09. The summed E-state index contributed by atoms with van der Waals surface area (Å²) >= 11 is 0. The molecule has 0 N–H and O–H groups in total. The molecular formula is C10H13O. The Kier molecular flexibility index (Phi) is 1.90. The SMILES string of the molecule is Cc1cc(C)c(C)c([O])c1C. The summed E-state index contributed by atoms with van der Waals surface area (Å²) in [4.78, 5) is 0. The van der Waals surface area contributed by atoms with Gasteiger partial charge in [0.1, 0.15) is 0 Å². The van der Waals surface area contributed by atoms with Crippen molar-refractivity contribution in [2.24, 2.45) is 0 Å². The molecule has 1 rings (SSSR count). The summed E-state index contributed by atoms with van der Waals surface area (Å²) in [5, 5.41) is 11.4. The third-order valence-corrected chi connectivity index (χ3v) is 2.30. The van der Waals surface area contributed by atoms with Gasteiger partial charge in [-0.2, -0.15) is 0 Å². The molecular weight excluding hydrogens is 136 g/mol. The standard InChI is InChI=1S/C10H13O/c1-6-5-7(2)9(4)10(11)8(6)3/h5H,1-4H3. The smallest absolute Gasteiger partial charge is 0.184 e. The van der Waals surface area contributed by atoms with Crippen molar-refractivity contribution in [3.63, 3.8) is 0 Å². The van der Waals surface area contributed by atoms with Gasteiger partial charge in [0.25, 0.3) is 0 Å². The first kappa shape index (κ1) is 8.12. The maximum atomic E-state index is 11.4. The predicted molar refractivity (Wildman–Crippen MR) is 45.5 cm³/mol. The Morgan fingerprint density at radius 2 is 1.27 bits per heavy atom. The number of hydrogen-bond acceptors (Lipinski definition) is 0. The van der Waals surface area contributed by atoms with Crippen molar-refractivity contribution in [1.82, 2.24) is 0 Å². The van der Waals surface area contributed by atoms with E-state index in [2.05, 4.69) is 6.07 Å². The summed E-state index contributed by atoms with van der Waals surface area (Å²) in [5.74, 6) is 0.197. The van der Waals surface area contributed by atoms with Crippen LogP contribution < -0.4 is 0 Å². The second-order valence-electron chi connectivity index (χ2n) is 3.09. The quantitative estimate of drug-likeness (QED) is 0.540. The van der Waals surface area contributed by atoms with E-state index in [0.29, 0.717) is 0 Å². The molecule has 0 saturated carbocycles. The highest BCUT2D eigenvalue weighted by molar-refractivity contribution is 5.47. The number of rotatable bonds is 0. The molecule has 1 nitrogen and oxygen atoms in total. The first-order valence-electron chi connectivity index (χ1n) is 3.78. The van der Waals surface area contributed by atoms with Gasteiger partial charge in [-0.1, -0.05) is 6.07 Å². The van der Waals surface area contributed by atoms with E-state index < -0.39 is 0 Å². The second kappa shape index (κ2) is 2.57. The van der Waals surface area contributed by atoms with Crippen LogP contribution in [0.15, 0.2) is 6.07 Å². The number of hydrogen-bond donors (Lipinski definition) is 0. The van der Waals surface area contributed by atoms with Gasteiger partial charge in [-0.25, -0.2) is 0 Å². The zero-order chi connectivity index (χ0) is 8.59. The molecule has 0 aliphatic rings. The lowest BCUT2D eigenvalue weighted by atomic mass is 10.0. The minimum Gasteiger partial charge on any atom is -0.289 e. The van der Waals surface area contributed by atoms with Gasteiger partial charge in [0, 0.05) is 0 Å². The molecule has 0 saturated heterocycles. The minimum atomic E-state index is 0.197. The van der Waals surface area contributed by atoms with Crippen LogP contribution in [0.3, 0.4) is 0 Å². The van der Waals surface area contributed by atoms with Gasteiger partial charge in [0.2, 0.25) is 0 Å². The summed E-state index contributed by atoms with van der Waals surface area (Å²) in [7, 11) is 0. The third-order valence-electron chi connectivity index (χ3n) is 2.30. The van der Waals surface area contributed by atoms with Gasteiger partial charge in [0.15, 0.2) is 5.75 Å². The van der Waals surface area contributed by atoms with E-state index in [-0.39, 0.29) is 5.75 Å². The zero-order valence-electron chi connectivity index (χ0n) is 7.49. The van der Waals surface area contributed by atoms with Gasteiger partial charge in [0.05, 0.1) is 0 Å². The third kappa shape index (κ3) is 1.23. The Balaban J connectivity index is 3.46. The Labute approximate surface area is 67.7 Å². The predicted octanol–water partition coefficient (Wildman–Crippen LogP) is 3.06. The monoisotopic (exact) mass is 149 g/mol. The zero-order valence-corrected chi connectivity index (χ0v) is 7.49. The van der Waals surface area contributed by atoms with Crippen molar-refractivity contribution in [2.75, 3.05) is 0 Å². The summed E-state index contributed by atoms with van der Waals surface area (Å²) < 4.78 is 0.